The zero-order valence-electron chi connectivity index (χ0n) is 14.6. The Morgan fingerprint density at radius 2 is 1.85 bits per heavy atom. The van der Waals surface area contributed by atoms with Crippen molar-refractivity contribution in [1.29, 1.82) is 0 Å². The molecular weight excluding hydrogens is 344 g/mol. The van der Waals surface area contributed by atoms with Crippen molar-refractivity contribution in [3.8, 4) is 28.3 Å². The fraction of sp³-hybridized carbons (Fsp3) is 0.143. The van der Waals surface area contributed by atoms with Crippen molar-refractivity contribution in [2.45, 2.75) is 13.3 Å². The average molecular weight is 362 g/mol. The van der Waals surface area contributed by atoms with E-state index in [0.717, 1.165) is 34.5 Å². The summed E-state index contributed by atoms with van der Waals surface area (Å²) >= 11 is 1.63. The second kappa shape index (κ2) is 6.77. The van der Waals surface area contributed by atoms with Crippen LogP contribution in [0.15, 0.2) is 54.6 Å². The van der Waals surface area contributed by atoms with Crippen molar-refractivity contribution in [1.82, 2.24) is 9.38 Å². The number of hydrogen-bond acceptors (Lipinski definition) is 4. The molecule has 4 rings (SSSR count). The summed E-state index contributed by atoms with van der Waals surface area (Å²) < 4.78 is 7.45. The molecule has 4 nitrogen and oxygen atoms in total. The van der Waals surface area contributed by atoms with Gasteiger partial charge in [0.1, 0.15) is 17.1 Å². The van der Waals surface area contributed by atoms with Gasteiger partial charge in [-0.1, -0.05) is 49.4 Å². The van der Waals surface area contributed by atoms with Crippen LogP contribution < -0.4 is 4.74 Å². The third kappa shape index (κ3) is 2.52. The molecule has 0 unspecified atom stereocenters. The Bertz CT molecular complexity index is 1080. The molecule has 0 aliphatic heterocycles. The van der Waals surface area contributed by atoms with Crippen molar-refractivity contribution >= 4 is 22.6 Å². The number of nitrogens with zero attached hydrogens (tertiary/aromatic N) is 2. The predicted molar refractivity (Wildman–Crippen MR) is 105 cm³/mol. The molecule has 2 aromatic carbocycles. The molecule has 4 aromatic rings. The molecule has 0 saturated carbocycles. The molecule has 2 heterocycles. The molecule has 0 amide bonds. The van der Waals surface area contributed by atoms with Gasteiger partial charge in [0.05, 0.1) is 12.8 Å². The molecular formula is C21H18N2O2S. The van der Waals surface area contributed by atoms with Crippen LogP contribution in [0.2, 0.25) is 0 Å². The number of carbonyl (C=O) groups is 1. The molecule has 130 valence electrons. The van der Waals surface area contributed by atoms with Gasteiger partial charge in [0, 0.05) is 10.4 Å². The molecule has 5 heteroatoms. The highest BCUT2D eigenvalue weighted by atomic mass is 32.1. The number of para-hydroxylation sites is 1. The number of ether oxygens (including phenoxy) is 1. The van der Waals surface area contributed by atoms with Crippen LogP contribution in [0.25, 0.3) is 27.5 Å². The quantitative estimate of drug-likeness (QED) is 0.463. The number of benzene rings is 2. The van der Waals surface area contributed by atoms with Crippen molar-refractivity contribution in [3.05, 3.63) is 65.2 Å². The number of fused-ring (bicyclic) bond motifs is 1. The minimum absolute atomic E-state index is 0.555. The number of carbonyl (C=O) groups excluding carboxylic acids is 1. The molecule has 0 bridgehead atoms. The highest BCUT2D eigenvalue weighted by molar-refractivity contribution is 7.17. The van der Waals surface area contributed by atoms with Gasteiger partial charge >= 0.3 is 0 Å². The lowest BCUT2D eigenvalue weighted by Crippen LogP contribution is -1.97. The minimum atomic E-state index is 0.555. The van der Waals surface area contributed by atoms with Gasteiger partial charge in [-0.2, -0.15) is 0 Å². The first-order valence-corrected chi connectivity index (χ1v) is 9.28. The number of aryl methyl sites for hydroxylation is 1. The SMILES string of the molecule is CCc1sc2nc(-c3ccccc3OC)c(C=O)n2c1-c1ccccc1. The van der Waals surface area contributed by atoms with Crippen LogP contribution in [-0.4, -0.2) is 22.8 Å². The van der Waals surface area contributed by atoms with E-state index in [1.54, 1.807) is 18.4 Å². The van der Waals surface area contributed by atoms with Gasteiger partial charge < -0.3 is 4.74 Å². The monoisotopic (exact) mass is 362 g/mol. The summed E-state index contributed by atoms with van der Waals surface area (Å²) in [6, 6.07) is 17.8. The second-order valence-corrected chi connectivity index (χ2v) is 6.94. The lowest BCUT2D eigenvalue weighted by Gasteiger charge is -2.08. The van der Waals surface area contributed by atoms with Crippen molar-refractivity contribution in [2.75, 3.05) is 7.11 Å². The zero-order valence-corrected chi connectivity index (χ0v) is 15.4. The summed E-state index contributed by atoms with van der Waals surface area (Å²) in [6.45, 7) is 2.12. The lowest BCUT2D eigenvalue weighted by atomic mass is 10.1. The topological polar surface area (TPSA) is 43.6 Å². The van der Waals surface area contributed by atoms with Gasteiger partial charge in [0.15, 0.2) is 11.2 Å². The summed E-state index contributed by atoms with van der Waals surface area (Å²) in [5, 5.41) is 0. The number of thiazole rings is 1. The maximum absolute atomic E-state index is 12.1. The summed E-state index contributed by atoms with van der Waals surface area (Å²) in [6.07, 6.45) is 1.78. The van der Waals surface area contributed by atoms with Crippen molar-refractivity contribution in [2.24, 2.45) is 0 Å². The summed E-state index contributed by atoms with van der Waals surface area (Å²) in [7, 11) is 1.63. The Labute approximate surface area is 155 Å². The number of imidazole rings is 1. The maximum atomic E-state index is 12.1. The van der Waals surface area contributed by atoms with E-state index < -0.39 is 0 Å². The zero-order chi connectivity index (χ0) is 18.1. The van der Waals surface area contributed by atoms with Crippen LogP contribution in [0.5, 0.6) is 5.75 Å². The van der Waals surface area contributed by atoms with Crippen LogP contribution in [0.1, 0.15) is 22.3 Å². The Balaban J connectivity index is 2.05. The molecule has 0 aliphatic carbocycles. The molecule has 2 aromatic heterocycles. The Kier molecular flexibility index (Phi) is 4.31. The summed E-state index contributed by atoms with van der Waals surface area (Å²) in [5.74, 6) is 0.707. The van der Waals surface area contributed by atoms with Crippen molar-refractivity contribution < 1.29 is 9.53 Å². The fourth-order valence-corrected chi connectivity index (χ4v) is 4.34. The molecule has 0 N–H and O–H groups in total. The molecule has 0 radical (unpaired) electrons. The first-order valence-electron chi connectivity index (χ1n) is 8.46. The molecule has 0 spiro atoms. The minimum Gasteiger partial charge on any atom is -0.496 e. The van der Waals surface area contributed by atoms with Crippen LogP contribution in [0.4, 0.5) is 0 Å². The number of methoxy groups -OCH3 is 1. The smallest absolute Gasteiger partial charge is 0.195 e. The lowest BCUT2D eigenvalue weighted by molar-refractivity contribution is 0.111. The van der Waals surface area contributed by atoms with E-state index in [-0.39, 0.29) is 0 Å². The molecule has 0 aliphatic rings. The normalized spacial score (nSPS) is 11.0. The van der Waals surface area contributed by atoms with Gasteiger partial charge in [-0.3, -0.25) is 9.20 Å². The van der Waals surface area contributed by atoms with E-state index in [0.29, 0.717) is 17.1 Å². The number of aromatic nitrogens is 2. The second-order valence-electron chi connectivity index (χ2n) is 5.88. The molecule has 0 saturated heterocycles. The highest BCUT2D eigenvalue weighted by Gasteiger charge is 2.23. The molecule has 26 heavy (non-hydrogen) atoms. The van der Waals surface area contributed by atoms with Crippen LogP contribution in [0.3, 0.4) is 0 Å². The Morgan fingerprint density at radius 1 is 1.12 bits per heavy atom. The van der Waals surface area contributed by atoms with Gasteiger partial charge in [0.25, 0.3) is 0 Å². The van der Waals surface area contributed by atoms with Crippen LogP contribution in [0, 0.1) is 0 Å². The Morgan fingerprint density at radius 3 is 2.54 bits per heavy atom. The first kappa shape index (κ1) is 16.5. The van der Waals surface area contributed by atoms with Gasteiger partial charge in [-0.05, 0) is 24.1 Å². The van der Waals surface area contributed by atoms with Gasteiger partial charge in [0.2, 0.25) is 0 Å². The fourth-order valence-electron chi connectivity index (χ4n) is 3.25. The van der Waals surface area contributed by atoms with Crippen molar-refractivity contribution in [3.63, 3.8) is 0 Å². The molecule has 0 fully saturated rings. The van der Waals surface area contributed by atoms with Crippen LogP contribution >= 0.6 is 11.3 Å². The first-order chi connectivity index (χ1) is 12.8. The van der Waals surface area contributed by atoms with E-state index >= 15 is 0 Å². The van der Waals surface area contributed by atoms with Crippen LogP contribution in [-0.2, 0) is 6.42 Å². The summed E-state index contributed by atoms with van der Waals surface area (Å²) in [5.41, 5.74) is 4.17. The van der Waals surface area contributed by atoms with E-state index in [9.17, 15) is 4.79 Å². The average Bonchev–Trinajstić information content (AvgIpc) is 3.23. The molecule has 0 atom stereocenters. The highest BCUT2D eigenvalue weighted by Crippen LogP contribution is 2.38. The Hall–Kier alpha value is -2.92. The largest absolute Gasteiger partial charge is 0.496 e. The van der Waals surface area contributed by atoms with E-state index in [1.165, 1.54) is 4.88 Å². The predicted octanol–water partition coefficient (Wildman–Crippen LogP) is 5.11. The van der Waals surface area contributed by atoms with E-state index in [1.807, 2.05) is 46.9 Å². The number of rotatable bonds is 5. The third-order valence-corrected chi connectivity index (χ3v) is 5.61. The van der Waals surface area contributed by atoms with E-state index in [2.05, 4.69) is 19.1 Å². The maximum Gasteiger partial charge on any atom is 0.195 e. The van der Waals surface area contributed by atoms with Gasteiger partial charge in [-0.25, -0.2) is 4.98 Å². The number of aldehydes is 1. The standard InChI is InChI=1S/C21H18N2O2S/c1-3-18-20(14-9-5-4-6-10-14)23-16(13-24)19(22-21(23)26-18)15-11-7-8-12-17(15)25-2/h4-13H,3H2,1-2H3. The number of hydrogen-bond donors (Lipinski definition) is 0. The van der Waals surface area contributed by atoms with E-state index in [4.69, 9.17) is 9.72 Å². The van der Waals surface area contributed by atoms with Gasteiger partial charge in [-0.15, -0.1) is 11.3 Å². The summed E-state index contributed by atoms with van der Waals surface area (Å²) in [4.78, 5) is 18.9. The third-order valence-electron chi connectivity index (χ3n) is 4.43.